The molecule has 0 aromatic heterocycles. The van der Waals surface area contributed by atoms with Gasteiger partial charge in [0.05, 0.1) is 0 Å². The van der Waals surface area contributed by atoms with Crippen molar-refractivity contribution in [2.24, 2.45) is 0 Å². The van der Waals surface area contributed by atoms with Crippen LogP contribution in [0.2, 0.25) is 0 Å². The number of Topliss-reactive ketones (excluding diaryl/α,β-unsaturated/α-hetero) is 1. The van der Waals surface area contributed by atoms with E-state index in [0.717, 1.165) is 12.8 Å². The maximum atomic E-state index is 10.9. The highest BCUT2D eigenvalue weighted by atomic mass is 16.1. The first-order chi connectivity index (χ1) is 4.86. The molecule has 0 amide bonds. The van der Waals surface area contributed by atoms with E-state index in [-0.39, 0.29) is 0 Å². The van der Waals surface area contributed by atoms with Crippen molar-refractivity contribution in [1.29, 1.82) is 0 Å². The van der Waals surface area contributed by atoms with Crippen molar-refractivity contribution in [1.82, 2.24) is 0 Å². The second-order valence-electron chi connectivity index (χ2n) is 2.79. The van der Waals surface area contributed by atoms with Gasteiger partial charge in [-0.2, -0.15) is 0 Å². The molecule has 1 nitrogen and oxygen atoms in total. The summed E-state index contributed by atoms with van der Waals surface area (Å²) in [5.41, 5.74) is 0. The van der Waals surface area contributed by atoms with Crippen molar-refractivity contribution in [3.63, 3.8) is 0 Å². The van der Waals surface area contributed by atoms with E-state index in [4.69, 9.17) is 0 Å². The topological polar surface area (TPSA) is 17.1 Å². The average molecular weight is 133 g/mol. The van der Waals surface area contributed by atoms with Gasteiger partial charge in [-0.3, -0.25) is 4.79 Å². The number of hydrogen-bond acceptors (Lipinski definition) is 1. The molecule has 0 saturated heterocycles. The van der Waals surface area contributed by atoms with Gasteiger partial charge in [0.2, 0.25) is 0 Å². The minimum Gasteiger partial charge on any atom is -0.300 e. The number of rotatable bonds is 0. The molecule has 0 N–H and O–H groups in total. The van der Waals surface area contributed by atoms with Crippen LogP contribution in [-0.2, 0) is 4.79 Å². The largest absolute Gasteiger partial charge is 0.300 e. The predicted molar refractivity (Wildman–Crippen MR) is 38.2 cm³/mol. The maximum absolute atomic E-state index is 10.9. The molecule has 1 heteroatoms. The Morgan fingerprint density at radius 1 is 1.10 bits per heavy atom. The molecule has 0 spiro atoms. The van der Waals surface area contributed by atoms with Crippen LogP contribution in [0.4, 0.5) is 0 Å². The van der Waals surface area contributed by atoms with Gasteiger partial charge in [-0.05, 0) is 37.5 Å². The fraction of sp³-hybridized carbons (Fsp3) is 0.333. The van der Waals surface area contributed by atoms with E-state index in [0.29, 0.717) is 12.2 Å². The van der Waals surface area contributed by atoms with E-state index in [1.54, 1.807) is 0 Å². The monoisotopic (exact) mass is 133 g/mol. The first-order valence-electron chi connectivity index (χ1n) is 3.61. The summed E-state index contributed by atoms with van der Waals surface area (Å²) in [6.07, 6.45) is 8.57. The summed E-state index contributed by atoms with van der Waals surface area (Å²) in [6, 6.07) is 0. The third-order valence-electron chi connectivity index (χ3n) is 2.07. The Balaban J connectivity index is 2.03. The van der Waals surface area contributed by atoms with E-state index in [9.17, 15) is 4.79 Å². The minimum atomic E-state index is 0.388. The Labute approximate surface area is 61.8 Å². The van der Waals surface area contributed by atoms with E-state index in [2.05, 4.69) is 6.42 Å². The molecule has 10 heavy (non-hydrogen) atoms. The lowest BCUT2D eigenvalue weighted by atomic mass is 9.81. The van der Waals surface area contributed by atoms with Crippen LogP contribution in [-0.4, -0.2) is 5.78 Å². The van der Waals surface area contributed by atoms with Crippen LogP contribution >= 0.6 is 0 Å². The molecule has 2 saturated carbocycles. The normalized spacial score (nSPS) is 29.0. The highest BCUT2D eigenvalue weighted by molar-refractivity contribution is 5.84. The van der Waals surface area contributed by atoms with Crippen LogP contribution in [0.25, 0.3) is 0 Å². The van der Waals surface area contributed by atoms with Crippen molar-refractivity contribution in [3.8, 4) is 0 Å². The van der Waals surface area contributed by atoms with Gasteiger partial charge in [-0.1, -0.05) is 0 Å². The summed E-state index contributed by atoms with van der Waals surface area (Å²) >= 11 is 0. The standard InChI is InChI=1S/C9H9O/c10-9-5-4-7-2-1-3-8(7)6-9/h1-3H,4-6H2. The average Bonchev–Trinajstić information content (AvgIpc) is 2.33. The van der Waals surface area contributed by atoms with Crippen LogP contribution in [0.5, 0.6) is 0 Å². The van der Waals surface area contributed by atoms with E-state index >= 15 is 0 Å². The van der Waals surface area contributed by atoms with Crippen molar-refractivity contribution in [3.05, 3.63) is 31.1 Å². The second kappa shape index (κ2) is 2.37. The lowest BCUT2D eigenvalue weighted by Gasteiger charge is -2.21. The van der Waals surface area contributed by atoms with Crippen LogP contribution in [0, 0.1) is 31.1 Å². The van der Waals surface area contributed by atoms with E-state index in [1.165, 1.54) is 11.8 Å². The smallest absolute Gasteiger partial charge is 0.133 e. The molecule has 2 rings (SSSR count). The Bertz CT molecular complexity index is 151. The van der Waals surface area contributed by atoms with Gasteiger partial charge in [0, 0.05) is 12.8 Å². The van der Waals surface area contributed by atoms with Gasteiger partial charge >= 0.3 is 0 Å². The summed E-state index contributed by atoms with van der Waals surface area (Å²) in [5, 5.41) is 0. The van der Waals surface area contributed by atoms with Gasteiger partial charge in [-0.15, -0.1) is 0 Å². The SMILES string of the molecule is O=C1CC[C]2[CH][CH][CH][C]2C1. The number of carbonyl (C=O) groups excluding carboxylic acids is 1. The highest BCUT2D eigenvalue weighted by Gasteiger charge is 2.34. The molecule has 0 aromatic rings. The lowest BCUT2D eigenvalue weighted by molar-refractivity contribution is -0.119. The molecule has 0 aromatic carbocycles. The summed E-state index contributed by atoms with van der Waals surface area (Å²) < 4.78 is 0. The summed E-state index contributed by atoms with van der Waals surface area (Å²) in [4.78, 5) is 10.9. The first-order valence-corrected chi connectivity index (χ1v) is 3.61. The zero-order chi connectivity index (χ0) is 6.97. The molecular weight excluding hydrogens is 124 g/mol. The third kappa shape index (κ3) is 0.979. The maximum Gasteiger partial charge on any atom is 0.133 e. The summed E-state index contributed by atoms with van der Waals surface area (Å²) in [5.74, 6) is 3.01. The molecule has 5 radical (unpaired) electrons. The van der Waals surface area contributed by atoms with Crippen molar-refractivity contribution in [2.45, 2.75) is 19.3 Å². The third-order valence-corrected chi connectivity index (χ3v) is 2.07. The van der Waals surface area contributed by atoms with Crippen molar-refractivity contribution < 1.29 is 4.79 Å². The minimum absolute atomic E-state index is 0.388. The van der Waals surface area contributed by atoms with Crippen molar-refractivity contribution in [2.75, 3.05) is 0 Å². The predicted octanol–water partition coefficient (Wildman–Crippen LogP) is 1.51. The van der Waals surface area contributed by atoms with Crippen LogP contribution < -0.4 is 0 Å². The Morgan fingerprint density at radius 3 is 2.80 bits per heavy atom. The molecular formula is C9H9O. The number of ketones is 1. The molecule has 0 heterocycles. The fourth-order valence-corrected chi connectivity index (χ4v) is 1.49. The number of hydrogen-bond donors (Lipinski definition) is 0. The summed E-state index contributed by atoms with van der Waals surface area (Å²) in [6.45, 7) is 0. The van der Waals surface area contributed by atoms with E-state index < -0.39 is 0 Å². The summed E-state index contributed by atoms with van der Waals surface area (Å²) in [7, 11) is 0. The van der Waals surface area contributed by atoms with Gasteiger partial charge in [0.25, 0.3) is 0 Å². The zero-order valence-corrected chi connectivity index (χ0v) is 5.76. The van der Waals surface area contributed by atoms with Crippen LogP contribution in [0.1, 0.15) is 19.3 Å². The Morgan fingerprint density at radius 2 is 1.90 bits per heavy atom. The van der Waals surface area contributed by atoms with Gasteiger partial charge in [0.1, 0.15) is 5.78 Å². The Kier molecular flexibility index (Phi) is 1.51. The fourth-order valence-electron chi connectivity index (χ4n) is 1.49. The molecule has 0 aliphatic heterocycles. The van der Waals surface area contributed by atoms with Gasteiger partial charge in [0.15, 0.2) is 0 Å². The second-order valence-corrected chi connectivity index (χ2v) is 2.79. The molecule has 0 bridgehead atoms. The van der Waals surface area contributed by atoms with Crippen LogP contribution in [0.3, 0.4) is 0 Å². The molecule has 2 aliphatic carbocycles. The van der Waals surface area contributed by atoms with Crippen molar-refractivity contribution >= 4 is 5.78 Å². The molecule has 51 valence electrons. The Hall–Kier alpha value is -0.330. The van der Waals surface area contributed by atoms with E-state index in [1.807, 2.05) is 12.8 Å². The molecule has 2 fully saturated rings. The zero-order valence-electron chi connectivity index (χ0n) is 5.76. The lowest BCUT2D eigenvalue weighted by Crippen LogP contribution is -2.17. The quantitative estimate of drug-likeness (QED) is 0.489. The number of carbonyl (C=O) groups is 1. The molecule has 0 atom stereocenters. The molecule has 0 unspecified atom stereocenters. The number of fused-ring (bicyclic) bond motifs is 1. The van der Waals surface area contributed by atoms with Crippen LogP contribution in [0.15, 0.2) is 0 Å². The van der Waals surface area contributed by atoms with Gasteiger partial charge < -0.3 is 0 Å². The van der Waals surface area contributed by atoms with Gasteiger partial charge in [-0.25, -0.2) is 0 Å². The first kappa shape index (κ1) is 6.38. The molecule has 2 aliphatic rings. The highest BCUT2D eigenvalue weighted by Crippen LogP contribution is 2.42.